The molecule has 6 heteroatoms. The van der Waals surface area contributed by atoms with E-state index in [-0.39, 0.29) is 5.91 Å². The van der Waals surface area contributed by atoms with Crippen LogP contribution >= 0.6 is 23.1 Å². The molecular formula is C15H19N3OS2. The van der Waals surface area contributed by atoms with Gasteiger partial charge in [-0.2, -0.15) is 0 Å². The number of nitrogens with one attached hydrogen (secondary N) is 1. The zero-order valence-electron chi connectivity index (χ0n) is 12.4. The molecule has 0 spiro atoms. The highest BCUT2D eigenvalue weighted by Crippen LogP contribution is 2.28. The first-order valence-electron chi connectivity index (χ1n) is 6.96. The Balaban J connectivity index is 2.05. The molecule has 0 aliphatic heterocycles. The summed E-state index contributed by atoms with van der Waals surface area (Å²) in [6.07, 6.45) is 4.08. The third-order valence-electron chi connectivity index (χ3n) is 3.35. The van der Waals surface area contributed by atoms with E-state index in [1.165, 1.54) is 11.3 Å². The van der Waals surface area contributed by atoms with Crippen LogP contribution in [-0.2, 0) is 0 Å². The molecular weight excluding hydrogens is 302 g/mol. The summed E-state index contributed by atoms with van der Waals surface area (Å²) in [6, 6.07) is 7.53. The standard InChI is InChI=1S/C15H19N3OS2/c1-4-10(5-2)14-17-18-15(21-14)16-13(19)11-6-8-12(20-3)9-7-11/h6-10H,4-5H2,1-3H3,(H,16,18,19). The Bertz CT molecular complexity index is 591. The van der Waals surface area contributed by atoms with Crippen LogP contribution in [0.25, 0.3) is 0 Å². The second-order valence-electron chi connectivity index (χ2n) is 4.64. The molecule has 1 aromatic heterocycles. The summed E-state index contributed by atoms with van der Waals surface area (Å²) in [5.74, 6) is 0.281. The lowest BCUT2D eigenvalue weighted by atomic mass is 10.1. The van der Waals surface area contributed by atoms with Gasteiger partial charge in [0.05, 0.1) is 0 Å². The van der Waals surface area contributed by atoms with E-state index >= 15 is 0 Å². The van der Waals surface area contributed by atoms with E-state index < -0.39 is 0 Å². The molecule has 0 bridgehead atoms. The van der Waals surface area contributed by atoms with Gasteiger partial charge in [-0.05, 0) is 43.4 Å². The summed E-state index contributed by atoms with van der Waals surface area (Å²) in [6.45, 7) is 4.28. The normalized spacial score (nSPS) is 10.9. The van der Waals surface area contributed by atoms with Gasteiger partial charge in [0.15, 0.2) is 0 Å². The van der Waals surface area contributed by atoms with Gasteiger partial charge in [-0.3, -0.25) is 10.1 Å². The number of thioether (sulfide) groups is 1. The van der Waals surface area contributed by atoms with Gasteiger partial charge < -0.3 is 0 Å². The monoisotopic (exact) mass is 321 g/mol. The third-order valence-corrected chi connectivity index (χ3v) is 5.09. The molecule has 1 amide bonds. The molecule has 0 saturated heterocycles. The van der Waals surface area contributed by atoms with Crippen molar-refractivity contribution < 1.29 is 4.79 Å². The second-order valence-corrected chi connectivity index (χ2v) is 6.53. The SMILES string of the molecule is CCC(CC)c1nnc(NC(=O)c2ccc(SC)cc2)s1. The molecule has 0 aliphatic carbocycles. The van der Waals surface area contributed by atoms with Crippen LogP contribution in [0.1, 0.15) is 48.0 Å². The first-order chi connectivity index (χ1) is 10.2. The van der Waals surface area contributed by atoms with Crippen molar-refractivity contribution in [2.75, 3.05) is 11.6 Å². The Morgan fingerprint density at radius 2 is 1.90 bits per heavy atom. The number of amides is 1. The van der Waals surface area contributed by atoms with Crippen LogP contribution in [0.5, 0.6) is 0 Å². The predicted octanol–water partition coefficient (Wildman–Crippen LogP) is 4.42. The Morgan fingerprint density at radius 3 is 2.48 bits per heavy atom. The molecule has 2 rings (SSSR count). The number of rotatable bonds is 6. The van der Waals surface area contributed by atoms with Crippen LogP contribution in [-0.4, -0.2) is 22.4 Å². The summed E-state index contributed by atoms with van der Waals surface area (Å²) in [5, 5.41) is 12.6. The van der Waals surface area contributed by atoms with Crippen LogP contribution in [0, 0.1) is 0 Å². The number of carbonyl (C=O) groups excluding carboxylic acids is 1. The number of benzene rings is 1. The van der Waals surface area contributed by atoms with Crippen molar-refractivity contribution >= 4 is 34.1 Å². The minimum absolute atomic E-state index is 0.144. The number of nitrogens with zero attached hydrogens (tertiary/aromatic N) is 2. The zero-order chi connectivity index (χ0) is 15.2. The summed E-state index contributed by atoms with van der Waals surface area (Å²) in [5.41, 5.74) is 0.632. The third kappa shape index (κ3) is 4.04. The first-order valence-corrected chi connectivity index (χ1v) is 9.00. The summed E-state index contributed by atoms with van der Waals surface area (Å²) in [7, 11) is 0. The minimum Gasteiger partial charge on any atom is -0.296 e. The molecule has 0 radical (unpaired) electrons. The average molecular weight is 321 g/mol. The first kappa shape index (κ1) is 16.0. The quantitative estimate of drug-likeness (QED) is 0.800. The Hall–Kier alpha value is -1.40. The van der Waals surface area contributed by atoms with E-state index in [2.05, 4.69) is 29.4 Å². The maximum atomic E-state index is 12.2. The highest BCUT2D eigenvalue weighted by atomic mass is 32.2. The second kappa shape index (κ2) is 7.56. The number of anilines is 1. The highest BCUT2D eigenvalue weighted by molar-refractivity contribution is 7.98. The number of hydrogen-bond acceptors (Lipinski definition) is 5. The lowest BCUT2D eigenvalue weighted by molar-refractivity contribution is 0.102. The van der Waals surface area contributed by atoms with Crippen LogP contribution in [0.4, 0.5) is 5.13 Å². The largest absolute Gasteiger partial charge is 0.296 e. The fourth-order valence-corrected chi connectivity index (χ4v) is 3.41. The van der Waals surface area contributed by atoms with Crippen LogP contribution in [0.15, 0.2) is 29.2 Å². The maximum absolute atomic E-state index is 12.2. The van der Waals surface area contributed by atoms with E-state index in [1.54, 1.807) is 11.8 Å². The molecule has 0 unspecified atom stereocenters. The van der Waals surface area contributed by atoms with Crippen molar-refractivity contribution in [3.05, 3.63) is 34.8 Å². The zero-order valence-corrected chi connectivity index (χ0v) is 14.1. The molecule has 21 heavy (non-hydrogen) atoms. The van der Waals surface area contributed by atoms with E-state index in [1.807, 2.05) is 30.5 Å². The molecule has 1 aromatic carbocycles. The highest BCUT2D eigenvalue weighted by Gasteiger charge is 2.15. The molecule has 112 valence electrons. The van der Waals surface area contributed by atoms with Crippen molar-refractivity contribution in [3.63, 3.8) is 0 Å². The van der Waals surface area contributed by atoms with Crippen molar-refractivity contribution in [2.45, 2.75) is 37.5 Å². The van der Waals surface area contributed by atoms with Crippen molar-refractivity contribution in [1.82, 2.24) is 10.2 Å². The molecule has 0 aliphatic rings. The van der Waals surface area contributed by atoms with Crippen LogP contribution < -0.4 is 5.32 Å². The maximum Gasteiger partial charge on any atom is 0.257 e. The molecule has 0 saturated carbocycles. The molecule has 1 heterocycles. The average Bonchev–Trinajstić information content (AvgIpc) is 2.97. The predicted molar refractivity (Wildman–Crippen MR) is 89.4 cm³/mol. The van der Waals surface area contributed by atoms with Gasteiger partial charge in [0.25, 0.3) is 5.91 Å². The topological polar surface area (TPSA) is 54.9 Å². The lowest BCUT2D eigenvalue weighted by Crippen LogP contribution is -2.11. The molecule has 0 atom stereocenters. The van der Waals surface area contributed by atoms with Crippen molar-refractivity contribution in [1.29, 1.82) is 0 Å². The van der Waals surface area contributed by atoms with Gasteiger partial charge in [-0.15, -0.1) is 22.0 Å². The number of aromatic nitrogens is 2. The Kier molecular flexibility index (Phi) is 5.76. The summed E-state index contributed by atoms with van der Waals surface area (Å²) in [4.78, 5) is 13.3. The fraction of sp³-hybridized carbons (Fsp3) is 0.400. The van der Waals surface area contributed by atoms with Gasteiger partial charge in [0.2, 0.25) is 5.13 Å². The number of carbonyl (C=O) groups is 1. The molecule has 2 aromatic rings. The lowest BCUT2D eigenvalue weighted by Gasteiger charge is -2.05. The minimum atomic E-state index is -0.144. The van der Waals surface area contributed by atoms with Crippen LogP contribution in [0.3, 0.4) is 0 Å². The van der Waals surface area contributed by atoms with Crippen molar-refractivity contribution in [3.8, 4) is 0 Å². The van der Waals surface area contributed by atoms with Gasteiger partial charge in [-0.25, -0.2) is 0 Å². The van der Waals surface area contributed by atoms with Gasteiger partial charge in [0.1, 0.15) is 5.01 Å². The molecule has 4 nitrogen and oxygen atoms in total. The van der Waals surface area contributed by atoms with E-state index in [9.17, 15) is 4.79 Å². The fourth-order valence-electron chi connectivity index (χ4n) is 2.00. The van der Waals surface area contributed by atoms with Gasteiger partial charge in [-0.1, -0.05) is 25.2 Å². The van der Waals surface area contributed by atoms with Crippen molar-refractivity contribution in [2.24, 2.45) is 0 Å². The summed E-state index contributed by atoms with van der Waals surface area (Å²) < 4.78 is 0. The van der Waals surface area contributed by atoms with Gasteiger partial charge in [0, 0.05) is 16.4 Å². The smallest absolute Gasteiger partial charge is 0.257 e. The van der Waals surface area contributed by atoms with E-state index in [4.69, 9.17) is 0 Å². The van der Waals surface area contributed by atoms with Gasteiger partial charge >= 0.3 is 0 Å². The molecule has 0 fully saturated rings. The van der Waals surface area contributed by atoms with E-state index in [0.29, 0.717) is 16.6 Å². The van der Waals surface area contributed by atoms with E-state index in [0.717, 1.165) is 22.7 Å². The van der Waals surface area contributed by atoms with Crippen LogP contribution in [0.2, 0.25) is 0 Å². The Labute approximate surface area is 133 Å². The summed E-state index contributed by atoms with van der Waals surface area (Å²) >= 11 is 3.12. The number of hydrogen-bond donors (Lipinski definition) is 1. The molecule has 1 N–H and O–H groups in total. The Morgan fingerprint density at radius 1 is 1.24 bits per heavy atom.